The van der Waals surface area contributed by atoms with Gasteiger partial charge in [0, 0.05) is 22.8 Å². The van der Waals surface area contributed by atoms with E-state index >= 15 is 0 Å². The molecule has 1 N–H and O–H groups in total. The van der Waals surface area contributed by atoms with E-state index < -0.39 is 17.4 Å². The molecule has 2 aliphatic rings. The lowest BCUT2D eigenvalue weighted by Gasteiger charge is -2.28. The van der Waals surface area contributed by atoms with Crippen molar-refractivity contribution in [2.45, 2.75) is 18.1 Å². The summed E-state index contributed by atoms with van der Waals surface area (Å²) in [6.07, 6.45) is 0. The topological polar surface area (TPSA) is 60.9 Å². The number of fused-ring (bicyclic) bond motifs is 2. The molecule has 0 bridgehead atoms. The highest BCUT2D eigenvalue weighted by Gasteiger charge is 2.60. The summed E-state index contributed by atoms with van der Waals surface area (Å²) >= 11 is 3.47. The Morgan fingerprint density at radius 3 is 2.43 bits per heavy atom. The Morgan fingerprint density at radius 1 is 0.967 bits per heavy atom. The van der Waals surface area contributed by atoms with Crippen LogP contribution in [0.3, 0.4) is 0 Å². The summed E-state index contributed by atoms with van der Waals surface area (Å²) in [7, 11) is 1.67. The van der Waals surface area contributed by atoms with Crippen LogP contribution in [0.1, 0.15) is 22.6 Å². The van der Waals surface area contributed by atoms with E-state index in [1.54, 1.807) is 24.1 Å². The second-order valence-corrected chi connectivity index (χ2v) is 8.61. The molecule has 0 aromatic heterocycles. The molecule has 2 atom stereocenters. The monoisotopic (exact) mass is 462 g/mol. The Bertz CT molecular complexity index is 1180. The number of benzene rings is 3. The maximum Gasteiger partial charge on any atom is 0.265 e. The lowest BCUT2D eigenvalue weighted by molar-refractivity contribution is -0.144. The van der Waals surface area contributed by atoms with E-state index in [9.17, 15) is 14.7 Å². The van der Waals surface area contributed by atoms with Gasteiger partial charge in [0.05, 0.1) is 12.2 Å². The number of para-hydroxylation sites is 1. The molecule has 0 saturated heterocycles. The van der Waals surface area contributed by atoms with E-state index in [4.69, 9.17) is 0 Å². The van der Waals surface area contributed by atoms with E-state index in [0.29, 0.717) is 29.0 Å². The van der Waals surface area contributed by atoms with E-state index in [0.717, 1.165) is 10.0 Å². The summed E-state index contributed by atoms with van der Waals surface area (Å²) in [5.74, 6) is -1.77. The van der Waals surface area contributed by atoms with Gasteiger partial charge in [-0.3, -0.25) is 9.59 Å². The van der Waals surface area contributed by atoms with Crippen LogP contribution in [0.15, 0.2) is 77.3 Å². The Morgan fingerprint density at radius 2 is 1.67 bits per heavy atom. The number of hydrogen-bond acceptors (Lipinski definition) is 3. The van der Waals surface area contributed by atoms with Crippen LogP contribution in [-0.4, -0.2) is 24.0 Å². The molecule has 0 saturated carbocycles. The molecular formula is C24H19BrN2O3. The van der Waals surface area contributed by atoms with Gasteiger partial charge >= 0.3 is 0 Å². The molecule has 6 heteroatoms. The molecule has 0 aliphatic carbocycles. The Hall–Kier alpha value is -2.96. The number of anilines is 2. The van der Waals surface area contributed by atoms with Crippen LogP contribution in [0.25, 0.3) is 0 Å². The molecule has 2 heterocycles. The molecule has 2 aliphatic heterocycles. The Labute approximate surface area is 182 Å². The molecule has 30 heavy (non-hydrogen) atoms. The summed E-state index contributed by atoms with van der Waals surface area (Å²) in [6.45, 7) is 0.309. The molecule has 2 unspecified atom stereocenters. The van der Waals surface area contributed by atoms with Gasteiger partial charge in [0.2, 0.25) is 5.91 Å². The van der Waals surface area contributed by atoms with Gasteiger partial charge in [-0.2, -0.15) is 0 Å². The highest BCUT2D eigenvalue weighted by atomic mass is 79.9. The van der Waals surface area contributed by atoms with Crippen molar-refractivity contribution in [1.82, 2.24) is 0 Å². The van der Waals surface area contributed by atoms with E-state index in [2.05, 4.69) is 15.9 Å². The fourth-order valence-corrected chi connectivity index (χ4v) is 4.92. The molecular weight excluding hydrogens is 444 g/mol. The average molecular weight is 463 g/mol. The number of nitrogens with zero attached hydrogens (tertiary/aromatic N) is 2. The largest absolute Gasteiger partial charge is 0.374 e. The van der Waals surface area contributed by atoms with Crippen molar-refractivity contribution in [3.8, 4) is 0 Å². The summed E-state index contributed by atoms with van der Waals surface area (Å²) < 4.78 is 0.798. The van der Waals surface area contributed by atoms with Crippen LogP contribution < -0.4 is 9.80 Å². The number of aliphatic hydroxyl groups is 1. The van der Waals surface area contributed by atoms with Gasteiger partial charge in [0.15, 0.2) is 5.60 Å². The third-order valence-electron chi connectivity index (χ3n) is 6.02. The van der Waals surface area contributed by atoms with Gasteiger partial charge in [0.25, 0.3) is 5.91 Å². The number of halogens is 1. The van der Waals surface area contributed by atoms with Gasteiger partial charge in [-0.25, -0.2) is 0 Å². The highest BCUT2D eigenvalue weighted by Crippen LogP contribution is 2.53. The number of likely N-dealkylation sites (N-methyl/N-ethyl adjacent to an activating group) is 1. The first-order chi connectivity index (χ1) is 14.4. The van der Waals surface area contributed by atoms with Crippen LogP contribution in [0.5, 0.6) is 0 Å². The smallest absolute Gasteiger partial charge is 0.265 e. The Kier molecular flexibility index (Phi) is 4.31. The number of rotatable bonds is 3. The zero-order chi connectivity index (χ0) is 21.0. The molecule has 0 spiro atoms. The minimum absolute atomic E-state index is 0.289. The highest BCUT2D eigenvalue weighted by molar-refractivity contribution is 9.10. The maximum absolute atomic E-state index is 13.7. The molecule has 2 amide bonds. The van der Waals surface area contributed by atoms with Crippen LogP contribution in [-0.2, 0) is 21.7 Å². The first-order valence-electron chi connectivity index (χ1n) is 9.67. The predicted octanol–water partition coefficient (Wildman–Crippen LogP) is 3.94. The minimum atomic E-state index is -1.97. The fourth-order valence-electron chi connectivity index (χ4n) is 4.57. The summed E-state index contributed by atoms with van der Waals surface area (Å²) in [5, 5.41) is 11.9. The zero-order valence-electron chi connectivity index (χ0n) is 16.2. The molecule has 0 radical (unpaired) electrons. The second kappa shape index (κ2) is 6.79. The number of hydrogen-bond donors (Lipinski definition) is 1. The first kappa shape index (κ1) is 19.0. The van der Waals surface area contributed by atoms with Gasteiger partial charge < -0.3 is 14.9 Å². The van der Waals surface area contributed by atoms with Gasteiger partial charge in [0.1, 0.15) is 5.92 Å². The van der Waals surface area contributed by atoms with Crippen LogP contribution in [0, 0.1) is 0 Å². The summed E-state index contributed by atoms with van der Waals surface area (Å²) in [6, 6.07) is 22.3. The molecule has 3 aromatic carbocycles. The van der Waals surface area contributed by atoms with Gasteiger partial charge in [-0.15, -0.1) is 0 Å². The fraction of sp³-hybridized carbons (Fsp3) is 0.167. The molecule has 3 aromatic rings. The van der Waals surface area contributed by atoms with Crippen molar-refractivity contribution >= 4 is 39.1 Å². The van der Waals surface area contributed by atoms with Crippen molar-refractivity contribution in [3.63, 3.8) is 0 Å². The second-order valence-electron chi connectivity index (χ2n) is 7.69. The number of amides is 2. The first-order valence-corrected chi connectivity index (χ1v) is 10.5. The third kappa shape index (κ3) is 2.57. The lowest BCUT2D eigenvalue weighted by atomic mass is 9.78. The van der Waals surface area contributed by atoms with Crippen molar-refractivity contribution in [3.05, 3.63) is 94.0 Å². The number of carbonyl (C=O) groups excluding carboxylic acids is 2. The van der Waals surface area contributed by atoms with Crippen molar-refractivity contribution in [2.75, 3.05) is 16.8 Å². The van der Waals surface area contributed by atoms with Gasteiger partial charge in [-0.05, 0) is 29.3 Å². The van der Waals surface area contributed by atoms with Crippen LogP contribution >= 0.6 is 15.9 Å². The SMILES string of the molecule is CN1C(=O)C(C2(O)C(=O)N(Cc3ccccc3)c3cc(Br)ccc32)c2ccccc21. The molecule has 0 fully saturated rings. The maximum atomic E-state index is 13.7. The van der Waals surface area contributed by atoms with E-state index in [1.165, 1.54) is 4.90 Å². The third-order valence-corrected chi connectivity index (χ3v) is 6.51. The zero-order valence-corrected chi connectivity index (χ0v) is 17.8. The minimum Gasteiger partial charge on any atom is -0.374 e. The molecule has 150 valence electrons. The number of carbonyl (C=O) groups is 2. The van der Waals surface area contributed by atoms with Gasteiger partial charge in [-0.1, -0.05) is 70.5 Å². The van der Waals surface area contributed by atoms with Crippen molar-refractivity contribution < 1.29 is 14.7 Å². The van der Waals surface area contributed by atoms with E-state index in [-0.39, 0.29) is 5.91 Å². The summed E-state index contributed by atoms with van der Waals surface area (Å²) in [5.41, 5.74) is 1.42. The summed E-state index contributed by atoms with van der Waals surface area (Å²) in [4.78, 5) is 30.1. The molecule has 5 rings (SSSR count). The van der Waals surface area contributed by atoms with E-state index in [1.807, 2.05) is 60.7 Å². The van der Waals surface area contributed by atoms with Crippen LogP contribution in [0.4, 0.5) is 11.4 Å². The van der Waals surface area contributed by atoms with Crippen molar-refractivity contribution in [1.29, 1.82) is 0 Å². The normalized spacial score (nSPS) is 22.4. The van der Waals surface area contributed by atoms with Crippen LogP contribution in [0.2, 0.25) is 0 Å². The standard InChI is InChI=1S/C24H19BrN2O3/c1-26-19-10-6-5-9-17(19)21(22(26)28)24(30)18-12-11-16(25)13-20(18)27(23(24)29)14-15-7-3-2-4-8-15/h2-13,21,30H,14H2,1H3. The Balaban J connectivity index is 1.68. The quantitative estimate of drug-likeness (QED) is 0.640. The molecule has 5 nitrogen and oxygen atoms in total. The van der Waals surface area contributed by atoms with Crippen molar-refractivity contribution in [2.24, 2.45) is 0 Å². The lowest BCUT2D eigenvalue weighted by Crippen LogP contribution is -2.47. The predicted molar refractivity (Wildman–Crippen MR) is 118 cm³/mol. The average Bonchev–Trinajstić information content (AvgIpc) is 3.13.